The number of amides is 2. The molecule has 28 heavy (non-hydrogen) atoms. The number of aromatic nitrogens is 1. The van der Waals surface area contributed by atoms with Gasteiger partial charge in [-0.05, 0) is 43.2 Å². The van der Waals surface area contributed by atoms with Crippen LogP contribution >= 0.6 is 11.3 Å². The summed E-state index contributed by atoms with van der Waals surface area (Å²) in [5.41, 5.74) is 4.00. The minimum atomic E-state index is -0.262. The number of thiazole rings is 1. The van der Waals surface area contributed by atoms with E-state index in [4.69, 9.17) is 0 Å². The molecule has 7 heteroatoms. The Morgan fingerprint density at radius 3 is 2.82 bits per heavy atom. The fourth-order valence-corrected chi connectivity index (χ4v) is 4.01. The Bertz CT molecular complexity index is 1070. The van der Waals surface area contributed by atoms with E-state index in [1.807, 2.05) is 56.3 Å². The molecule has 1 aliphatic rings. The van der Waals surface area contributed by atoms with E-state index in [9.17, 15) is 9.59 Å². The highest BCUT2D eigenvalue weighted by molar-refractivity contribution is 7.18. The number of anilines is 1. The van der Waals surface area contributed by atoms with Gasteiger partial charge in [0.15, 0.2) is 0 Å². The van der Waals surface area contributed by atoms with Crippen molar-refractivity contribution in [3.63, 3.8) is 0 Å². The summed E-state index contributed by atoms with van der Waals surface area (Å²) >= 11 is 1.56. The van der Waals surface area contributed by atoms with Gasteiger partial charge in [0.2, 0.25) is 5.91 Å². The second-order valence-electron chi connectivity index (χ2n) is 6.80. The van der Waals surface area contributed by atoms with Crippen molar-refractivity contribution in [1.29, 1.82) is 0 Å². The number of hydrogen-bond acceptors (Lipinski definition) is 5. The quantitative estimate of drug-likeness (QED) is 0.735. The topological polar surface area (TPSA) is 74.7 Å². The molecule has 4 rings (SSSR count). The molecule has 0 bridgehead atoms. The Hall–Kier alpha value is -3.06. The van der Waals surface area contributed by atoms with E-state index in [0.717, 1.165) is 32.0 Å². The van der Waals surface area contributed by atoms with Gasteiger partial charge in [0.05, 0.1) is 22.4 Å². The van der Waals surface area contributed by atoms with Gasteiger partial charge in [-0.2, -0.15) is 5.10 Å². The zero-order valence-corrected chi connectivity index (χ0v) is 16.5. The van der Waals surface area contributed by atoms with E-state index < -0.39 is 0 Å². The number of rotatable bonds is 4. The maximum atomic E-state index is 12.6. The summed E-state index contributed by atoms with van der Waals surface area (Å²) in [5.74, 6) is -0.363. The molecule has 0 unspecified atom stereocenters. The van der Waals surface area contributed by atoms with Gasteiger partial charge in [0.1, 0.15) is 10.7 Å². The van der Waals surface area contributed by atoms with E-state index in [1.165, 1.54) is 5.01 Å². The first-order chi connectivity index (χ1) is 13.5. The van der Waals surface area contributed by atoms with Crippen molar-refractivity contribution in [2.45, 2.75) is 33.2 Å². The van der Waals surface area contributed by atoms with Crippen LogP contribution in [-0.2, 0) is 16.1 Å². The summed E-state index contributed by atoms with van der Waals surface area (Å²) in [4.78, 5) is 29.5. The number of carbonyl (C=O) groups excluding carboxylic acids is 2. The third-order valence-electron chi connectivity index (χ3n) is 4.63. The van der Waals surface area contributed by atoms with Crippen molar-refractivity contribution >= 4 is 44.8 Å². The summed E-state index contributed by atoms with van der Waals surface area (Å²) in [5, 5.41) is 9.44. The maximum absolute atomic E-state index is 12.6. The molecular formula is C21H20N4O2S. The zero-order valence-electron chi connectivity index (χ0n) is 15.7. The largest absolute Gasteiger partial charge is 0.344 e. The number of carbonyl (C=O) groups is 2. The first-order valence-corrected chi connectivity index (χ1v) is 9.93. The molecule has 0 spiro atoms. The average molecular weight is 392 g/mol. The molecule has 1 aliphatic heterocycles. The number of benzene rings is 2. The minimum Gasteiger partial charge on any atom is -0.344 e. The summed E-state index contributed by atoms with van der Waals surface area (Å²) < 4.78 is 1.09. The third kappa shape index (κ3) is 3.66. The molecule has 0 saturated heterocycles. The van der Waals surface area contributed by atoms with Crippen LogP contribution in [0.3, 0.4) is 0 Å². The van der Waals surface area contributed by atoms with E-state index >= 15 is 0 Å². The molecule has 1 aromatic heterocycles. The number of nitrogens with zero attached hydrogens (tertiary/aromatic N) is 3. The Balaban J connectivity index is 1.51. The molecule has 0 saturated carbocycles. The summed E-state index contributed by atoms with van der Waals surface area (Å²) in [7, 11) is 0. The van der Waals surface area contributed by atoms with Gasteiger partial charge in [0.25, 0.3) is 5.91 Å². The highest BCUT2D eigenvalue weighted by atomic mass is 32.1. The minimum absolute atomic E-state index is 0.101. The number of nitrogens with one attached hydrogen (secondary N) is 1. The second-order valence-corrected chi connectivity index (χ2v) is 7.92. The van der Waals surface area contributed by atoms with Crippen LogP contribution in [0.25, 0.3) is 10.2 Å². The molecule has 2 aromatic carbocycles. The normalized spacial score (nSPS) is 14.3. The van der Waals surface area contributed by atoms with Gasteiger partial charge in [-0.25, -0.2) is 9.99 Å². The summed E-state index contributed by atoms with van der Waals surface area (Å²) in [6.07, 6.45) is 0.604. The van der Waals surface area contributed by atoms with Gasteiger partial charge in [0, 0.05) is 12.8 Å². The van der Waals surface area contributed by atoms with Crippen LogP contribution in [0.1, 0.15) is 29.0 Å². The second kappa shape index (κ2) is 7.52. The SMILES string of the molecule is Cc1ccc(C)c(N2N=C(C(=O)NCc3nc4ccccc4s3)CCC2=O)c1. The predicted octanol–water partition coefficient (Wildman–Crippen LogP) is 3.71. The first-order valence-electron chi connectivity index (χ1n) is 9.11. The van der Waals surface area contributed by atoms with Crippen LogP contribution < -0.4 is 10.3 Å². The molecule has 1 N–H and O–H groups in total. The lowest BCUT2D eigenvalue weighted by atomic mass is 10.1. The molecular weight excluding hydrogens is 372 g/mol. The standard InChI is InChI=1S/C21H20N4O2S/c1-13-7-8-14(2)17(11-13)25-20(26)10-9-16(24-25)21(27)22-12-19-23-15-5-3-4-6-18(15)28-19/h3-8,11H,9-10,12H2,1-2H3,(H,22,27). The number of hydrazone groups is 1. The highest BCUT2D eigenvalue weighted by Gasteiger charge is 2.26. The summed E-state index contributed by atoms with van der Waals surface area (Å²) in [6, 6.07) is 13.7. The number of aryl methyl sites for hydroxylation is 2. The number of para-hydroxylation sites is 1. The Kier molecular flexibility index (Phi) is 4.92. The van der Waals surface area contributed by atoms with Crippen LogP contribution in [0.2, 0.25) is 0 Å². The van der Waals surface area contributed by atoms with Gasteiger partial charge in [-0.1, -0.05) is 24.3 Å². The predicted molar refractivity (Wildman–Crippen MR) is 112 cm³/mol. The van der Waals surface area contributed by atoms with Crippen molar-refractivity contribution in [1.82, 2.24) is 10.3 Å². The molecule has 6 nitrogen and oxygen atoms in total. The Morgan fingerprint density at radius 1 is 1.18 bits per heavy atom. The molecule has 2 heterocycles. The number of fused-ring (bicyclic) bond motifs is 1. The van der Waals surface area contributed by atoms with Gasteiger partial charge in [-0.15, -0.1) is 11.3 Å². The lowest BCUT2D eigenvalue weighted by Crippen LogP contribution is -2.39. The van der Waals surface area contributed by atoms with Crippen LogP contribution in [0.15, 0.2) is 47.6 Å². The van der Waals surface area contributed by atoms with Crippen molar-refractivity contribution in [3.8, 4) is 0 Å². The molecule has 0 atom stereocenters. The molecule has 142 valence electrons. The van der Waals surface area contributed by atoms with E-state index in [-0.39, 0.29) is 18.2 Å². The lowest BCUT2D eigenvalue weighted by molar-refractivity contribution is -0.119. The molecule has 0 radical (unpaired) electrons. The highest BCUT2D eigenvalue weighted by Crippen LogP contribution is 2.25. The lowest BCUT2D eigenvalue weighted by Gasteiger charge is -2.24. The number of hydrogen-bond donors (Lipinski definition) is 1. The maximum Gasteiger partial charge on any atom is 0.267 e. The Morgan fingerprint density at radius 2 is 2.00 bits per heavy atom. The first kappa shape index (κ1) is 18.3. The molecule has 2 amide bonds. The fourth-order valence-electron chi connectivity index (χ4n) is 3.11. The van der Waals surface area contributed by atoms with Crippen LogP contribution in [0.5, 0.6) is 0 Å². The Labute approximate surface area is 166 Å². The zero-order chi connectivity index (χ0) is 19.7. The summed E-state index contributed by atoms with van der Waals surface area (Å²) in [6.45, 7) is 4.24. The third-order valence-corrected chi connectivity index (χ3v) is 5.66. The van der Waals surface area contributed by atoms with Gasteiger partial charge in [-0.3, -0.25) is 9.59 Å². The van der Waals surface area contributed by atoms with Gasteiger partial charge < -0.3 is 5.32 Å². The van der Waals surface area contributed by atoms with E-state index in [2.05, 4.69) is 15.4 Å². The molecule has 0 fully saturated rings. The fraction of sp³-hybridized carbons (Fsp3) is 0.238. The molecule has 0 aliphatic carbocycles. The van der Waals surface area contributed by atoms with Crippen molar-refractivity contribution in [2.24, 2.45) is 5.10 Å². The van der Waals surface area contributed by atoms with Crippen molar-refractivity contribution in [3.05, 3.63) is 58.6 Å². The van der Waals surface area contributed by atoms with Crippen LogP contribution in [0, 0.1) is 13.8 Å². The van der Waals surface area contributed by atoms with Crippen molar-refractivity contribution < 1.29 is 9.59 Å². The van der Waals surface area contributed by atoms with Crippen molar-refractivity contribution in [2.75, 3.05) is 5.01 Å². The van der Waals surface area contributed by atoms with Gasteiger partial charge >= 0.3 is 0 Å². The smallest absolute Gasteiger partial charge is 0.267 e. The molecule has 3 aromatic rings. The monoisotopic (exact) mass is 392 g/mol. The average Bonchev–Trinajstić information content (AvgIpc) is 3.11. The van der Waals surface area contributed by atoms with Crippen LogP contribution in [0.4, 0.5) is 5.69 Å². The van der Waals surface area contributed by atoms with Crippen LogP contribution in [-0.4, -0.2) is 22.5 Å². The van der Waals surface area contributed by atoms with E-state index in [0.29, 0.717) is 18.7 Å². The van der Waals surface area contributed by atoms with E-state index in [1.54, 1.807) is 11.3 Å².